The summed E-state index contributed by atoms with van der Waals surface area (Å²) < 4.78 is 82.1. The average molecular weight is 530 g/mol. The third-order valence-electron chi connectivity index (χ3n) is 5.77. The first kappa shape index (κ1) is 26.3. The third kappa shape index (κ3) is 5.49. The molecule has 0 radical (unpaired) electrons. The Bertz CT molecular complexity index is 1160. The van der Waals surface area contributed by atoms with Gasteiger partial charge in [0.05, 0.1) is 11.1 Å². The molecule has 3 N–H and O–H groups in total. The molecule has 0 fully saturated rings. The van der Waals surface area contributed by atoms with Crippen molar-refractivity contribution < 1.29 is 26.3 Å². The van der Waals surface area contributed by atoms with Crippen molar-refractivity contribution in [3.05, 3.63) is 70.7 Å². The minimum absolute atomic E-state index is 0.0666. The molecule has 2 aliphatic rings. The molecule has 0 amide bonds. The molecule has 0 bridgehead atoms. The van der Waals surface area contributed by atoms with Crippen LogP contribution in [0.3, 0.4) is 0 Å². The summed E-state index contributed by atoms with van der Waals surface area (Å²) in [6.45, 7) is 4.96. The predicted octanol–water partition coefficient (Wildman–Crippen LogP) is 6.12. The van der Waals surface area contributed by atoms with Gasteiger partial charge in [0.25, 0.3) is 0 Å². The van der Waals surface area contributed by atoms with E-state index in [1.807, 2.05) is 13.8 Å². The van der Waals surface area contributed by atoms with Gasteiger partial charge in [0.2, 0.25) is 0 Å². The number of rotatable bonds is 4. The molecule has 0 saturated heterocycles. The van der Waals surface area contributed by atoms with Gasteiger partial charge in [0, 0.05) is 41.4 Å². The van der Waals surface area contributed by atoms with Crippen molar-refractivity contribution in [2.75, 3.05) is 18.4 Å². The van der Waals surface area contributed by atoms with Crippen LogP contribution in [0.2, 0.25) is 0 Å². The van der Waals surface area contributed by atoms with Gasteiger partial charge in [-0.05, 0) is 49.4 Å². The van der Waals surface area contributed by atoms with E-state index < -0.39 is 29.1 Å². The second-order valence-corrected chi connectivity index (χ2v) is 10.3. The van der Waals surface area contributed by atoms with Gasteiger partial charge in [-0.2, -0.15) is 26.3 Å². The summed E-state index contributed by atoms with van der Waals surface area (Å²) >= 11 is 1.35. The molecule has 2 aromatic rings. The number of thioether (sulfide) groups is 1. The second-order valence-electron chi connectivity index (χ2n) is 8.72. The van der Waals surface area contributed by atoms with E-state index in [2.05, 4.69) is 20.9 Å². The number of aromatic nitrogens is 1. The number of anilines is 1. The molecule has 1 unspecified atom stereocenters. The Labute approximate surface area is 208 Å². The molecule has 12 heteroatoms. The van der Waals surface area contributed by atoms with E-state index in [9.17, 15) is 26.3 Å². The summed E-state index contributed by atoms with van der Waals surface area (Å²) in [7, 11) is 0. The zero-order chi connectivity index (χ0) is 26.1. The summed E-state index contributed by atoms with van der Waals surface area (Å²) in [6, 6.07) is 6.32. The molecule has 0 aliphatic carbocycles. The van der Waals surface area contributed by atoms with Crippen LogP contribution in [-0.2, 0) is 18.0 Å². The van der Waals surface area contributed by atoms with Crippen LogP contribution in [0.25, 0.3) is 0 Å². The summed E-state index contributed by atoms with van der Waals surface area (Å²) in [5.41, 5.74) is -2.50. The molecule has 0 saturated carbocycles. The first-order chi connectivity index (χ1) is 16.9. The van der Waals surface area contributed by atoms with Gasteiger partial charge < -0.3 is 16.0 Å². The topological polar surface area (TPSA) is 61.3 Å². The van der Waals surface area contributed by atoms with Crippen LogP contribution in [0.4, 0.5) is 32.0 Å². The molecule has 1 atom stereocenters. The SMILES string of the molecule is CC(C)SC1=NC(Nc2ccc(C(F)(F)F)cc2)(c2ncccc2C(F)(F)F)C2=C(CCNCC2)N1. The summed E-state index contributed by atoms with van der Waals surface area (Å²) in [5, 5.41) is 10.1. The highest BCUT2D eigenvalue weighted by Gasteiger charge is 2.48. The first-order valence-corrected chi connectivity index (χ1v) is 12.2. The van der Waals surface area contributed by atoms with Crippen LogP contribution in [0.1, 0.15) is 43.5 Å². The second kappa shape index (κ2) is 9.97. The number of halogens is 6. The molecule has 194 valence electrons. The van der Waals surface area contributed by atoms with E-state index in [1.165, 1.54) is 36.2 Å². The number of hydrogen-bond acceptors (Lipinski definition) is 6. The molecular formula is C24H25F6N5S. The number of pyridine rings is 1. The van der Waals surface area contributed by atoms with E-state index in [4.69, 9.17) is 4.99 Å². The first-order valence-electron chi connectivity index (χ1n) is 11.3. The van der Waals surface area contributed by atoms with E-state index >= 15 is 0 Å². The largest absolute Gasteiger partial charge is 0.418 e. The van der Waals surface area contributed by atoms with Crippen LogP contribution in [0.5, 0.6) is 0 Å². The molecular weight excluding hydrogens is 504 g/mol. The van der Waals surface area contributed by atoms with Gasteiger partial charge in [-0.3, -0.25) is 4.98 Å². The highest BCUT2D eigenvalue weighted by atomic mass is 32.2. The minimum atomic E-state index is -4.73. The summed E-state index contributed by atoms with van der Waals surface area (Å²) in [5.74, 6) is 0. The molecule has 5 nitrogen and oxygen atoms in total. The quantitative estimate of drug-likeness (QED) is 0.417. The maximum absolute atomic E-state index is 14.2. The fourth-order valence-electron chi connectivity index (χ4n) is 4.28. The van der Waals surface area contributed by atoms with Crippen LogP contribution < -0.4 is 16.0 Å². The van der Waals surface area contributed by atoms with Crippen LogP contribution in [0.15, 0.2) is 58.9 Å². The lowest BCUT2D eigenvalue weighted by Gasteiger charge is -2.40. The minimum Gasteiger partial charge on any atom is -0.353 e. The van der Waals surface area contributed by atoms with Gasteiger partial charge in [-0.1, -0.05) is 25.6 Å². The fraction of sp³-hybridized carbons (Fsp3) is 0.417. The Kier molecular flexibility index (Phi) is 7.29. The number of nitrogens with zero attached hydrogens (tertiary/aromatic N) is 2. The zero-order valence-corrected chi connectivity index (χ0v) is 20.3. The lowest BCUT2D eigenvalue weighted by Crippen LogP contribution is -2.46. The fourth-order valence-corrected chi connectivity index (χ4v) is 5.10. The molecule has 36 heavy (non-hydrogen) atoms. The number of alkyl halides is 6. The van der Waals surface area contributed by atoms with Crippen LogP contribution >= 0.6 is 11.8 Å². The van der Waals surface area contributed by atoms with Gasteiger partial charge in [-0.15, -0.1) is 0 Å². The normalized spacial score (nSPS) is 21.0. The lowest BCUT2D eigenvalue weighted by atomic mass is 9.86. The van der Waals surface area contributed by atoms with Crippen LogP contribution in [-0.4, -0.2) is 28.5 Å². The van der Waals surface area contributed by atoms with Crippen molar-refractivity contribution in [2.24, 2.45) is 4.99 Å². The van der Waals surface area contributed by atoms with E-state index in [0.29, 0.717) is 36.7 Å². The highest BCUT2D eigenvalue weighted by Crippen LogP contribution is 2.46. The van der Waals surface area contributed by atoms with Crippen molar-refractivity contribution in [1.82, 2.24) is 15.6 Å². The maximum atomic E-state index is 14.2. The maximum Gasteiger partial charge on any atom is 0.418 e. The van der Waals surface area contributed by atoms with Crippen LogP contribution in [0, 0.1) is 0 Å². The Morgan fingerprint density at radius 2 is 1.67 bits per heavy atom. The standard InChI is InChI=1S/C24H25F6N5S/c1-14(2)36-21-33-19-10-13-31-12-9-17(19)22(35-21,20-18(24(28,29)30)4-3-11-32-20)34-16-7-5-15(6-8-16)23(25,26)27/h3-8,11,14,31,34H,9-10,12-13H2,1-2H3,(H,33,35). The monoisotopic (exact) mass is 529 g/mol. The highest BCUT2D eigenvalue weighted by molar-refractivity contribution is 8.14. The van der Waals surface area contributed by atoms with E-state index in [1.54, 1.807) is 0 Å². The summed E-state index contributed by atoms with van der Waals surface area (Å²) in [6.07, 6.45) is -7.14. The Morgan fingerprint density at radius 3 is 2.31 bits per heavy atom. The molecule has 0 spiro atoms. The molecule has 3 heterocycles. The number of amidine groups is 1. The number of nitrogens with one attached hydrogen (secondary N) is 3. The van der Waals surface area contributed by atoms with Gasteiger partial charge in [0.15, 0.2) is 10.8 Å². The molecule has 2 aliphatic heterocycles. The smallest absolute Gasteiger partial charge is 0.353 e. The number of benzene rings is 1. The third-order valence-corrected chi connectivity index (χ3v) is 6.66. The Balaban J connectivity index is 1.96. The van der Waals surface area contributed by atoms with E-state index in [-0.39, 0.29) is 16.6 Å². The Morgan fingerprint density at radius 1 is 0.972 bits per heavy atom. The van der Waals surface area contributed by atoms with Gasteiger partial charge in [-0.25, -0.2) is 4.99 Å². The zero-order valence-electron chi connectivity index (χ0n) is 19.5. The number of aliphatic imine (C=N–C) groups is 1. The van der Waals surface area contributed by atoms with Crippen molar-refractivity contribution in [1.29, 1.82) is 0 Å². The average Bonchev–Trinajstić information content (AvgIpc) is 3.04. The van der Waals surface area contributed by atoms with Gasteiger partial charge in [0.1, 0.15) is 5.69 Å². The predicted molar refractivity (Wildman–Crippen MR) is 128 cm³/mol. The van der Waals surface area contributed by atoms with Crippen molar-refractivity contribution >= 4 is 22.6 Å². The molecule has 4 rings (SSSR count). The summed E-state index contributed by atoms with van der Waals surface area (Å²) in [4.78, 5) is 8.95. The van der Waals surface area contributed by atoms with Crippen molar-refractivity contribution in [3.8, 4) is 0 Å². The van der Waals surface area contributed by atoms with Gasteiger partial charge >= 0.3 is 12.4 Å². The Hall–Kier alpha value is -2.73. The number of hydrogen-bond donors (Lipinski definition) is 3. The van der Waals surface area contributed by atoms with E-state index in [0.717, 1.165) is 23.9 Å². The lowest BCUT2D eigenvalue weighted by molar-refractivity contribution is -0.139. The van der Waals surface area contributed by atoms with Crippen molar-refractivity contribution in [2.45, 2.75) is 50.0 Å². The molecule has 1 aromatic carbocycles. The van der Waals surface area contributed by atoms with Crippen molar-refractivity contribution in [3.63, 3.8) is 0 Å². The molecule has 1 aromatic heterocycles.